The predicted octanol–water partition coefficient (Wildman–Crippen LogP) is 5.94. The average Bonchev–Trinajstić information content (AvgIpc) is 3.49. The van der Waals surface area contributed by atoms with Gasteiger partial charge in [-0.15, -0.1) is 0 Å². The number of nitrogens with one attached hydrogen (secondary N) is 1. The number of carbonyl (C=O) groups is 2. The largest absolute Gasteiger partial charge is 0.493 e. The predicted molar refractivity (Wildman–Crippen MR) is 142 cm³/mol. The average molecular weight is 500 g/mol. The molecule has 0 saturated heterocycles. The molecular weight excluding hydrogens is 466 g/mol. The van der Waals surface area contributed by atoms with Crippen molar-refractivity contribution in [3.63, 3.8) is 0 Å². The van der Waals surface area contributed by atoms with Gasteiger partial charge in [-0.1, -0.05) is 60.7 Å². The Morgan fingerprint density at radius 3 is 2.41 bits per heavy atom. The smallest absolute Gasteiger partial charge is 0.303 e. The molecule has 4 rings (SSSR count). The van der Waals surface area contributed by atoms with Crippen molar-refractivity contribution in [2.24, 2.45) is 0 Å². The van der Waals surface area contributed by atoms with E-state index in [0.717, 1.165) is 16.7 Å². The summed E-state index contributed by atoms with van der Waals surface area (Å²) < 4.78 is 24.3. The molecule has 0 aliphatic rings. The fourth-order valence-corrected chi connectivity index (χ4v) is 3.87. The Balaban J connectivity index is 1.59. The number of aliphatic carboxylic acids is 1. The summed E-state index contributed by atoms with van der Waals surface area (Å²) in [5.74, 6) is -0.929. The van der Waals surface area contributed by atoms with Crippen molar-refractivity contribution in [1.82, 2.24) is 15.1 Å². The van der Waals surface area contributed by atoms with E-state index in [-0.39, 0.29) is 18.5 Å². The summed E-state index contributed by atoms with van der Waals surface area (Å²) >= 11 is 0. The molecule has 1 aromatic heterocycles. The number of rotatable bonds is 13. The summed E-state index contributed by atoms with van der Waals surface area (Å²) in [5.41, 5.74) is 3.18. The highest BCUT2D eigenvalue weighted by Gasteiger charge is 2.19. The Kier molecular flexibility index (Phi) is 8.13. The number of benzene rings is 3. The lowest BCUT2D eigenvalue weighted by atomic mass is 10.1. The lowest BCUT2D eigenvalue weighted by Gasteiger charge is -2.24. The van der Waals surface area contributed by atoms with Crippen LogP contribution in [0.25, 0.3) is 11.1 Å². The van der Waals surface area contributed by atoms with Crippen LogP contribution in [0.4, 0.5) is 0 Å². The van der Waals surface area contributed by atoms with Crippen molar-refractivity contribution in [2.75, 3.05) is 6.61 Å². The minimum atomic E-state index is -2.20. The summed E-state index contributed by atoms with van der Waals surface area (Å²) in [6.07, 6.45) is 5.45. The molecule has 7 heteroatoms. The molecule has 0 bridgehead atoms. The molecule has 0 aliphatic carbocycles. The van der Waals surface area contributed by atoms with E-state index in [2.05, 4.69) is 10.2 Å². The quantitative estimate of drug-likeness (QED) is 0.222. The van der Waals surface area contributed by atoms with Crippen molar-refractivity contribution in [3.8, 4) is 16.9 Å². The molecule has 2 N–H and O–H groups in total. The van der Waals surface area contributed by atoms with Crippen LogP contribution in [0, 0.1) is 0 Å². The minimum absolute atomic E-state index is 0.0552. The van der Waals surface area contributed by atoms with Gasteiger partial charge in [-0.3, -0.25) is 14.7 Å². The molecule has 1 amide bonds. The third-order valence-corrected chi connectivity index (χ3v) is 5.83. The number of aromatic amines is 1. The molecule has 190 valence electrons. The van der Waals surface area contributed by atoms with Gasteiger partial charge in [-0.25, -0.2) is 0 Å². The zero-order chi connectivity index (χ0) is 27.7. The van der Waals surface area contributed by atoms with Crippen LogP contribution in [-0.4, -0.2) is 38.7 Å². The number of aromatic nitrogens is 2. The van der Waals surface area contributed by atoms with Gasteiger partial charge in [-0.2, -0.15) is 5.10 Å². The fraction of sp³-hybridized carbons (Fsp3) is 0.233. The number of H-pyrrole nitrogens is 1. The van der Waals surface area contributed by atoms with Crippen LogP contribution >= 0.6 is 0 Å². The normalized spacial score (nSPS) is 11.9. The molecule has 0 fully saturated rings. The Bertz CT molecular complexity index is 1360. The molecule has 4 aromatic rings. The van der Waals surface area contributed by atoms with E-state index < -0.39 is 18.4 Å². The maximum Gasteiger partial charge on any atom is 0.303 e. The van der Waals surface area contributed by atoms with Crippen molar-refractivity contribution in [2.45, 2.75) is 38.7 Å². The number of hydrogen-bond donors (Lipinski definition) is 2. The Labute approximate surface area is 219 Å². The van der Waals surface area contributed by atoms with E-state index in [4.69, 9.17) is 12.6 Å². The second-order valence-corrected chi connectivity index (χ2v) is 8.60. The number of hydrogen-bond acceptors (Lipinski definition) is 4. The number of unbranched alkanes of at least 4 members (excludes halogenated alkanes) is 2. The number of carboxylic acids is 1. The zero-order valence-corrected chi connectivity index (χ0v) is 20.5. The van der Waals surface area contributed by atoms with Crippen molar-refractivity contribution >= 4 is 11.9 Å². The summed E-state index contributed by atoms with van der Waals surface area (Å²) in [7, 11) is 0. The monoisotopic (exact) mass is 499 g/mol. The summed E-state index contributed by atoms with van der Waals surface area (Å²) in [5, 5.41) is 15.5. The highest BCUT2D eigenvalue weighted by Crippen LogP contribution is 2.24. The Morgan fingerprint density at radius 2 is 1.68 bits per heavy atom. The molecule has 0 spiro atoms. The maximum atomic E-state index is 13.8. The van der Waals surface area contributed by atoms with E-state index >= 15 is 0 Å². The fourth-order valence-electron chi connectivity index (χ4n) is 3.87. The highest BCUT2D eigenvalue weighted by molar-refractivity contribution is 5.94. The van der Waals surface area contributed by atoms with Gasteiger partial charge in [0.25, 0.3) is 5.91 Å². The first-order chi connectivity index (χ1) is 18.9. The lowest BCUT2D eigenvalue weighted by molar-refractivity contribution is -0.137. The molecule has 0 saturated carbocycles. The molecular formula is C30H31N3O4. The van der Waals surface area contributed by atoms with Crippen LogP contribution < -0.4 is 4.74 Å². The zero-order valence-electron chi connectivity index (χ0n) is 22.5. The van der Waals surface area contributed by atoms with E-state index in [1.165, 1.54) is 4.90 Å². The van der Waals surface area contributed by atoms with Gasteiger partial charge in [0.2, 0.25) is 0 Å². The highest BCUT2D eigenvalue weighted by atomic mass is 16.5. The molecule has 0 radical (unpaired) electrons. The van der Waals surface area contributed by atoms with Gasteiger partial charge in [-0.05, 0) is 48.6 Å². The number of para-hydroxylation sites is 1. The van der Waals surface area contributed by atoms with E-state index in [9.17, 15) is 9.59 Å². The molecule has 3 aromatic carbocycles. The van der Waals surface area contributed by atoms with Crippen LogP contribution in [-0.2, 0) is 17.8 Å². The van der Waals surface area contributed by atoms with Crippen LogP contribution in [0.1, 0.15) is 49.9 Å². The SMILES string of the molecule is [2H]C([2H])(c1ccccc1OCCCCCC(=O)O)N(Cc1ccccc1)C(=O)c1ccc(-c2cn[nH]c2)cc1. The van der Waals surface area contributed by atoms with Crippen LogP contribution in [0.2, 0.25) is 0 Å². The van der Waals surface area contributed by atoms with Gasteiger partial charge in [0.05, 0.1) is 15.5 Å². The van der Waals surface area contributed by atoms with E-state index in [1.807, 2.05) is 42.5 Å². The second-order valence-electron chi connectivity index (χ2n) is 8.60. The molecule has 0 unspecified atom stereocenters. The van der Waals surface area contributed by atoms with Crippen molar-refractivity contribution in [3.05, 3.63) is 108 Å². The minimum Gasteiger partial charge on any atom is -0.493 e. The second kappa shape index (κ2) is 13.1. The topological polar surface area (TPSA) is 95.5 Å². The number of nitrogens with zero attached hydrogens (tertiary/aromatic N) is 2. The molecule has 1 heterocycles. The van der Waals surface area contributed by atoms with Gasteiger partial charge in [0.1, 0.15) is 5.75 Å². The van der Waals surface area contributed by atoms with Crippen LogP contribution in [0.5, 0.6) is 5.75 Å². The first kappa shape index (κ1) is 23.0. The standard InChI is InChI=1S/C30H31N3O4/c34-29(35)13-5-2-8-18-37-28-12-7-6-11-26(28)22-33(21-23-9-3-1-4-10-23)30(36)25-16-14-24(15-17-25)27-19-31-32-20-27/h1,3-4,6-7,9-12,14-17,19-20H,2,5,8,13,18,21-22H2,(H,31,32)(H,34,35)/i22D2. The first-order valence-corrected chi connectivity index (χ1v) is 12.3. The summed E-state index contributed by atoms with van der Waals surface area (Å²) in [6.45, 7) is -1.83. The number of carbonyl (C=O) groups excluding carboxylic acids is 1. The van der Waals surface area contributed by atoms with Gasteiger partial charge < -0.3 is 14.7 Å². The molecule has 7 nitrogen and oxygen atoms in total. The Hall–Kier alpha value is -4.39. The summed E-state index contributed by atoms with van der Waals surface area (Å²) in [6, 6.07) is 23.1. The maximum absolute atomic E-state index is 13.8. The van der Waals surface area contributed by atoms with Gasteiger partial charge in [0.15, 0.2) is 0 Å². The van der Waals surface area contributed by atoms with Crippen molar-refractivity contribution in [1.29, 1.82) is 0 Å². The van der Waals surface area contributed by atoms with E-state index in [0.29, 0.717) is 37.2 Å². The van der Waals surface area contributed by atoms with E-state index in [1.54, 1.807) is 48.8 Å². The number of amides is 1. The molecule has 0 aliphatic heterocycles. The summed E-state index contributed by atoms with van der Waals surface area (Å²) in [4.78, 5) is 25.8. The third-order valence-electron chi connectivity index (χ3n) is 5.83. The van der Waals surface area contributed by atoms with Gasteiger partial charge >= 0.3 is 5.97 Å². The number of ether oxygens (including phenoxy) is 1. The molecule has 0 atom stereocenters. The lowest BCUT2D eigenvalue weighted by Crippen LogP contribution is -2.30. The first-order valence-electron chi connectivity index (χ1n) is 13.3. The molecule has 37 heavy (non-hydrogen) atoms. The third kappa shape index (κ3) is 7.54. The van der Waals surface area contributed by atoms with Gasteiger partial charge in [0, 0.05) is 42.3 Å². The van der Waals surface area contributed by atoms with Crippen LogP contribution in [0.15, 0.2) is 91.3 Å². The number of carboxylic acid groups (broad SMARTS) is 1. The van der Waals surface area contributed by atoms with Crippen LogP contribution in [0.3, 0.4) is 0 Å². The van der Waals surface area contributed by atoms with Crippen molar-refractivity contribution < 1.29 is 22.2 Å². The Morgan fingerprint density at radius 1 is 0.919 bits per heavy atom.